The van der Waals surface area contributed by atoms with E-state index in [1.807, 2.05) is 31.2 Å². The van der Waals surface area contributed by atoms with Crippen molar-refractivity contribution in [3.05, 3.63) is 58.7 Å². The second kappa shape index (κ2) is 7.88. The molecule has 1 N–H and O–H groups in total. The summed E-state index contributed by atoms with van der Waals surface area (Å²) < 4.78 is 10.5. The summed E-state index contributed by atoms with van der Waals surface area (Å²) in [6, 6.07) is 11.0. The first kappa shape index (κ1) is 17.9. The Kier molecular flexibility index (Phi) is 5.88. The lowest BCUT2D eigenvalue weighted by Gasteiger charge is -2.12. The van der Waals surface area contributed by atoms with Crippen LogP contribution in [0.3, 0.4) is 0 Å². The Morgan fingerprint density at radius 3 is 2.46 bits per heavy atom. The SMILES string of the molecule is COc1ccc(/C(=C/Nc2cccc(Cl)c2C)C(C)=O)cc1OC. The fourth-order valence-corrected chi connectivity index (χ4v) is 2.48. The third-order valence-corrected chi connectivity index (χ3v) is 4.12. The van der Waals surface area contributed by atoms with Gasteiger partial charge < -0.3 is 14.8 Å². The van der Waals surface area contributed by atoms with E-state index in [-0.39, 0.29) is 5.78 Å². The van der Waals surface area contributed by atoms with Gasteiger partial charge in [0.25, 0.3) is 0 Å². The minimum Gasteiger partial charge on any atom is -0.493 e. The van der Waals surface area contributed by atoms with Crippen molar-refractivity contribution in [1.29, 1.82) is 0 Å². The molecular weight excluding hydrogens is 326 g/mol. The molecule has 0 aliphatic heterocycles. The third-order valence-electron chi connectivity index (χ3n) is 3.71. The predicted molar refractivity (Wildman–Crippen MR) is 98.0 cm³/mol. The largest absolute Gasteiger partial charge is 0.493 e. The number of halogens is 1. The Bertz CT molecular complexity index is 784. The standard InChI is InChI=1S/C19H20ClNO3/c1-12-16(20)6-5-7-17(12)21-11-15(13(2)22)14-8-9-18(23-3)19(10-14)24-4/h5-11,21H,1-4H3/b15-11+. The lowest BCUT2D eigenvalue weighted by atomic mass is 10.0. The van der Waals surface area contributed by atoms with Crippen molar-refractivity contribution < 1.29 is 14.3 Å². The molecule has 2 aromatic rings. The van der Waals surface area contributed by atoms with Crippen molar-refractivity contribution in [1.82, 2.24) is 0 Å². The van der Waals surface area contributed by atoms with E-state index < -0.39 is 0 Å². The summed E-state index contributed by atoms with van der Waals surface area (Å²) in [5.41, 5.74) is 3.05. The van der Waals surface area contributed by atoms with Gasteiger partial charge in [0.05, 0.1) is 14.2 Å². The molecule has 0 bridgehead atoms. The summed E-state index contributed by atoms with van der Waals surface area (Å²) in [6.07, 6.45) is 1.68. The summed E-state index contributed by atoms with van der Waals surface area (Å²) >= 11 is 6.12. The number of rotatable bonds is 6. The van der Waals surface area contributed by atoms with E-state index in [0.717, 1.165) is 16.8 Å². The number of anilines is 1. The smallest absolute Gasteiger partial charge is 0.161 e. The van der Waals surface area contributed by atoms with Crippen molar-refractivity contribution in [3.8, 4) is 11.5 Å². The maximum Gasteiger partial charge on any atom is 0.161 e. The monoisotopic (exact) mass is 345 g/mol. The molecule has 5 heteroatoms. The average Bonchev–Trinajstić information content (AvgIpc) is 2.58. The van der Waals surface area contributed by atoms with Gasteiger partial charge in [0.15, 0.2) is 17.3 Å². The van der Waals surface area contributed by atoms with Crippen LogP contribution in [0.2, 0.25) is 5.02 Å². The molecule has 0 radical (unpaired) electrons. The summed E-state index contributed by atoms with van der Waals surface area (Å²) in [6.45, 7) is 3.44. The van der Waals surface area contributed by atoms with Gasteiger partial charge in [0.1, 0.15) is 0 Å². The number of hydrogen-bond donors (Lipinski definition) is 1. The highest BCUT2D eigenvalue weighted by Gasteiger charge is 2.12. The van der Waals surface area contributed by atoms with E-state index in [2.05, 4.69) is 5.32 Å². The number of Topliss-reactive ketones (excluding diaryl/α,β-unsaturated/α-hetero) is 1. The van der Waals surface area contributed by atoms with Gasteiger partial charge in [-0.15, -0.1) is 0 Å². The van der Waals surface area contributed by atoms with Gasteiger partial charge in [0.2, 0.25) is 0 Å². The third kappa shape index (κ3) is 3.89. The van der Waals surface area contributed by atoms with Crippen molar-refractivity contribution in [2.24, 2.45) is 0 Å². The zero-order valence-electron chi connectivity index (χ0n) is 14.1. The predicted octanol–water partition coefficient (Wildman–Crippen LogP) is 4.71. The zero-order valence-corrected chi connectivity index (χ0v) is 14.9. The Hall–Kier alpha value is -2.46. The molecule has 0 aliphatic carbocycles. The van der Waals surface area contributed by atoms with Crippen molar-refractivity contribution in [2.45, 2.75) is 13.8 Å². The highest BCUT2D eigenvalue weighted by Crippen LogP contribution is 2.31. The van der Waals surface area contributed by atoms with Crippen molar-refractivity contribution >= 4 is 28.6 Å². The van der Waals surface area contributed by atoms with Gasteiger partial charge in [-0.05, 0) is 49.2 Å². The lowest BCUT2D eigenvalue weighted by molar-refractivity contribution is -0.111. The van der Waals surface area contributed by atoms with Crippen LogP contribution in [0.4, 0.5) is 5.69 Å². The molecule has 0 saturated carbocycles. The molecule has 0 amide bonds. The molecule has 0 spiro atoms. The molecule has 0 aliphatic rings. The van der Waals surface area contributed by atoms with E-state index >= 15 is 0 Å². The number of benzene rings is 2. The van der Waals surface area contributed by atoms with E-state index in [1.165, 1.54) is 6.92 Å². The first-order valence-electron chi connectivity index (χ1n) is 7.43. The summed E-state index contributed by atoms with van der Waals surface area (Å²) in [5.74, 6) is 1.12. The second-order valence-corrected chi connectivity index (χ2v) is 5.65. The minimum absolute atomic E-state index is 0.0607. The normalized spacial score (nSPS) is 11.1. The fourth-order valence-electron chi connectivity index (χ4n) is 2.31. The summed E-state index contributed by atoms with van der Waals surface area (Å²) in [5, 5.41) is 3.83. The molecule has 126 valence electrons. The van der Waals surface area contributed by atoms with Gasteiger partial charge in [-0.2, -0.15) is 0 Å². The molecule has 0 unspecified atom stereocenters. The molecule has 0 atom stereocenters. The number of carbonyl (C=O) groups is 1. The van der Waals surface area contributed by atoms with Crippen LogP contribution >= 0.6 is 11.6 Å². The number of ether oxygens (including phenoxy) is 2. The van der Waals surface area contributed by atoms with Crippen LogP contribution in [-0.2, 0) is 4.79 Å². The molecule has 4 nitrogen and oxygen atoms in total. The molecule has 2 rings (SSSR count). The van der Waals surface area contributed by atoms with Gasteiger partial charge in [0, 0.05) is 22.5 Å². The van der Waals surface area contributed by atoms with Gasteiger partial charge >= 0.3 is 0 Å². The Morgan fingerprint density at radius 2 is 1.83 bits per heavy atom. The number of carbonyl (C=O) groups excluding carboxylic acids is 1. The molecule has 24 heavy (non-hydrogen) atoms. The van der Waals surface area contributed by atoms with Gasteiger partial charge in [-0.1, -0.05) is 23.7 Å². The van der Waals surface area contributed by atoms with Gasteiger partial charge in [-0.25, -0.2) is 0 Å². The summed E-state index contributed by atoms with van der Waals surface area (Å²) in [7, 11) is 3.13. The van der Waals surface area contributed by atoms with Crippen molar-refractivity contribution in [3.63, 3.8) is 0 Å². The minimum atomic E-state index is -0.0607. The highest BCUT2D eigenvalue weighted by molar-refractivity contribution is 6.31. The zero-order chi connectivity index (χ0) is 17.7. The van der Waals surface area contributed by atoms with Crippen LogP contribution < -0.4 is 14.8 Å². The maximum absolute atomic E-state index is 12.1. The first-order valence-corrected chi connectivity index (χ1v) is 7.81. The first-order chi connectivity index (χ1) is 11.5. The van der Waals surface area contributed by atoms with Crippen LogP contribution in [0.15, 0.2) is 42.6 Å². The summed E-state index contributed by atoms with van der Waals surface area (Å²) in [4.78, 5) is 12.1. The average molecular weight is 346 g/mol. The number of hydrogen-bond acceptors (Lipinski definition) is 4. The number of nitrogens with one attached hydrogen (secondary N) is 1. The lowest BCUT2D eigenvalue weighted by Crippen LogP contribution is -2.02. The molecule has 0 fully saturated rings. The van der Waals surface area contributed by atoms with E-state index in [1.54, 1.807) is 32.6 Å². The topological polar surface area (TPSA) is 47.6 Å². The number of methoxy groups -OCH3 is 2. The number of allylic oxidation sites excluding steroid dienone is 1. The van der Waals surface area contributed by atoms with Crippen molar-refractivity contribution in [2.75, 3.05) is 19.5 Å². The Labute approximate surface area is 147 Å². The molecule has 0 aromatic heterocycles. The Balaban J connectivity index is 2.39. The van der Waals surface area contributed by atoms with Gasteiger partial charge in [-0.3, -0.25) is 4.79 Å². The number of ketones is 1. The van der Waals surface area contributed by atoms with Crippen LogP contribution in [0.5, 0.6) is 11.5 Å². The molecule has 2 aromatic carbocycles. The molecule has 0 heterocycles. The quantitative estimate of drug-likeness (QED) is 0.770. The highest BCUT2D eigenvalue weighted by atomic mass is 35.5. The van der Waals surface area contributed by atoms with Crippen LogP contribution in [0, 0.1) is 6.92 Å². The molecule has 0 saturated heterocycles. The van der Waals surface area contributed by atoms with Crippen LogP contribution in [0.1, 0.15) is 18.1 Å². The van der Waals surface area contributed by atoms with E-state index in [4.69, 9.17) is 21.1 Å². The maximum atomic E-state index is 12.1. The van der Waals surface area contributed by atoms with E-state index in [0.29, 0.717) is 22.1 Å². The van der Waals surface area contributed by atoms with Crippen LogP contribution in [0.25, 0.3) is 5.57 Å². The fraction of sp³-hybridized carbons (Fsp3) is 0.211. The Morgan fingerprint density at radius 1 is 1.12 bits per heavy atom. The second-order valence-electron chi connectivity index (χ2n) is 5.24. The van der Waals surface area contributed by atoms with E-state index in [9.17, 15) is 4.79 Å². The van der Waals surface area contributed by atoms with Crippen LogP contribution in [-0.4, -0.2) is 20.0 Å². The molecular formula is C19H20ClNO3.